The van der Waals surface area contributed by atoms with Gasteiger partial charge in [0.15, 0.2) is 0 Å². The van der Waals surface area contributed by atoms with Gasteiger partial charge in [-0.15, -0.1) is 0 Å². The van der Waals surface area contributed by atoms with Crippen molar-refractivity contribution >= 4 is 45.3 Å². The molecule has 142 valence electrons. The Bertz CT molecular complexity index is 899. The third-order valence-corrected chi connectivity index (χ3v) is 4.96. The molecule has 0 saturated carbocycles. The number of halogens is 1. The van der Waals surface area contributed by atoms with E-state index in [1.54, 1.807) is 6.07 Å². The third-order valence-electron chi connectivity index (χ3n) is 4.12. The maximum atomic E-state index is 12.1. The highest BCUT2D eigenvalue weighted by Gasteiger charge is 2.09. The lowest BCUT2D eigenvalue weighted by atomic mass is 10.1. The minimum absolute atomic E-state index is 0.178. The van der Waals surface area contributed by atoms with Crippen molar-refractivity contribution in [2.75, 3.05) is 13.7 Å². The maximum Gasteiger partial charge on any atom is 0.275 e. The van der Waals surface area contributed by atoms with Gasteiger partial charge in [-0.1, -0.05) is 18.2 Å². The van der Waals surface area contributed by atoms with Crippen molar-refractivity contribution in [3.05, 3.63) is 65.9 Å². The van der Waals surface area contributed by atoms with Crippen molar-refractivity contribution in [2.45, 2.75) is 13.1 Å². The average Bonchev–Trinajstić information content (AvgIpc) is 3.10. The number of rotatable bonds is 9. The van der Waals surface area contributed by atoms with E-state index in [2.05, 4.69) is 49.5 Å². The number of hydrogen-bond acceptors (Lipinski definition) is 4. The summed E-state index contributed by atoms with van der Waals surface area (Å²) in [6.45, 7) is 2.26. The molecule has 0 aliphatic carbocycles. The van der Waals surface area contributed by atoms with Crippen molar-refractivity contribution in [1.29, 1.82) is 0 Å². The van der Waals surface area contributed by atoms with Gasteiger partial charge in [-0.3, -0.25) is 4.79 Å². The molecule has 0 radical (unpaired) electrons. The fraction of sp³-hybridized carbons (Fsp3) is 0.211. The molecule has 1 heterocycles. The third kappa shape index (κ3) is 5.42. The molecule has 6 nitrogen and oxygen atoms in total. The first-order valence-electron chi connectivity index (χ1n) is 8.48. The van der Waals surface area contributed by atoms with Gasteiger partial charge in [0, 0.05) is 23.8 Å². The largest absolute Gasteiger partial charge is 0.492 e. The Kier molecular flexibility index (Phi) is 7.46. The summed E-state index contributed by atoms with van der Waals surface area (Å²) in [6.07, 6.45) is 2.01. The van der Waals surface area contributed by atoms with Crippen LogP contribution in [0.3, 0.4) is 0 Å². The molecule has 0 saturated heterocycles. The number of nitrogens with one attached hydrogen (secondary N) is 2. The van der Waals surface area contributed by atoms with Gasteiger partial charge in [0.25, 0.3) is 5.91 Å². The van der Waals surface area contributed by atoms with E-state index in [0.29, 0.717) is 18.7 Å². The molecule has 0 aliphatic rings. The Morgan fingerprint density at radius 1 is 1.19 bits per heavy atom. The summed E-state index contributed by atoms with van der Waals surface area (Å²) in [6, 6.07) is 15.7. The summed E-state index contributed by atoms with van der Waals surface area (Å²) in [4.78, 5) is 12.1. The van der Waals surface area contributed by atoms with E-state index in [4.69, 9.17) is 9.36 Å². The molecule has 2 N–H and O–H groups in total. The van der Waals surface area contributed by atoms with Crippen LogP contribution in [0.25, 0.3) is 10.9 Å². The fourth-order valence-electron chi connectivity index (χ4n) is 2.81. The lowest BCUT2D eigenvalue weighted by Gasteiger charge is -2.10. The van der Waals surface area contributed by atoms with Gasteiger partial charge in [0.1, 0.15) is 18.8 Å². The monoisotopic (exact) mass is 497 g/mol. The van der Waals surface area contributed by atoms with E-state index >= 15 is 0 Å². The van der Waals surface area contributed by atoms with Crippen LogP contribution in [0.1, 0.15) is 15.9 Å². The number of hydrogen-bond donors (Lipinski definition) is 2. The molecule has 1 aromatic heterocycles. The van der Waals surface area contributed by atoms with Gasteiger partial charge in [-0.05, 0) is 70.4 Å². The van der Waals surface area contributed by atoms with Gasteiger partial charge in [0.2, 0.25) is 0 Å². The van der Waals surface area contributed by atoms with Crippen LogP contribution in [-0.4, -0.2) is 24.1 Å². The number of aromatic nitrogens is 1. The van der Waals surface area contributed by atoms with Gasteiger partial charge in [0.05, 0.1) is 6.54 Å². The molecule has 1 unspecified atom stereocenters. The topological polar surface area (TPSA) is 64.5 Å². The maximum absolute atomic E-state index is 12.1. The summed E-state index contributed by atoms with van der Waals surface area (Å²) in [5.41, 5.74) is 5.21. The second-order valence-corrected chi connectivity index (χ2v) is 7.60. The van der Waals surface area contributed by atoms with E-state index in [9.17, 15) is 4.79 Å². The van der Waals surface area contributed by atoms with Crippen molar-refractivity contribution in [3.8, 4) is 5.75 Å². The second-order valence-electron chi connectivity index (χ2n) is 5.92. The highest BCUT2D eigenvalue weighted by Crippen LogP contribution is 2.21. The standard InChI is InChI=1S/C19H21IN3O3P/c1-21-13-14-2-6-17(7-3-14)25-11-10-23-9-8-15-4-5-16(12-18(15)23)19(24)22-26-27-20/h2-9,12,21,27H,10-11,13H2,1H3,(H,22,24). The molecule has 2 aromatic carbocycles. The number of hydroxylamine groups is 1. The predicted molar refractivity (Wildman–Crippen MR) is 118 cm³/mol. The van der Waals surface area contributed by atoms with Gasteiger partial charge in [-0.2, -0.15) is 0 Å². The van der Waals surface area contributed by atoms with Crippen molar-refractivity contribution < 1.29 is 14.2 Å². The molecule has 1 atom stereocenters. The normalized spacial score (nSPS) is 11.3. The zero-order valence-electron chi connectivity index (χ0n) is 14.9. The highest BCUT2D eigenvalue weighted by atomic mass is 127. The Labute approximate surface area is 172 Å². The number of ether oxygens (including phenoxy) is 1. The first-order chi connectivity index (χ1) is 13.2. The van der Waals surface area contributed by atoms with Crippen LogP contribution >= 0.6 is 28.5 Å². The summed E-state index contributed by atoms with van der Waals surface area (Å²) in [5.74, 6) is 0.606. The van der Waals surface area contributed by atoms with Crippen molar-refractivity contribution in [3.63, 3.8) is 0 Å². The minimum atomic E-state index is -0.244. The van der Waals surface area contributed by atoms with E-state index in [1.807, 2.05) is 43.6 Å². The van der Waals surface area contributed by atoms with Crippen molar-refractivity contribution in [2.24, 2.45) is 0 Å². The van der Waals surface area contributed by atoms with Gasteiger partial charge < -0.3 is 14.6 Å². The highest BCUT2D eigenvalue weighted by molar-refractivity contribution is 14.2. The van der Waals surface area contributed by atoms with Crippen LogP contribution in [0.4, 0.5) is 0 Å². The Morgan fingerprint density at radius 2 is 2.00 bits per heavy atom. The summed E-state index contributed by atoms with van der Waals surface area (Å²) in [7, 11) is 1.93. The smallest absolute Gasteiger partial charge is 0.275 e. The predicted octanol–water partition coefficient (Wildman–Crippen LogP) is 4.04. The molecule has 3 rings (SSSR count). The molecule has 1 amide bonds. The Hall–Kier alpha value is -1.67. The number of benzene rings is 2. The number of fused-ring (bicyclic) bond motifs is 1. The van der Waals surface area contributed by atoms with Crippen LogP contribution in [0.5, 0.6) is 5.75 Å². The van der Waals surface area contributed by atoms with Crippen LogP contribution in [0, 0.1) is 0 Å². The van der Waals surface area contributed by atoms with E-state index in [0.717, 1.165) is 23.2 Å². The Morgan fingerprint density at radius 3 is 2.74 bits per heavy atom. The molecule has 8 heteroatoms. The zero-order chi connectivity index (χ0) is 19.1. The zero-order valence-corrected chi connectivity index (χ0v) is 18.0. The van der Waals surface area contributed by atoms with Crippen LogP contribution in [0.15, 0.2) is 54.7 Å². The molecule has 0 spiro atoms. The first-order valence-corrected chi connectivity index (χ1v) is 12.5. The SMILES string of the molecule is CNCc1ccc(OCCn2ccc3ccc(C(=O)NOPI)cc32)cc1. The molecule has 3 aromatic rings. The van der Waals surface area contributed by atoms with Gasteiger partial charge >= 0.3 is 0 Å². The van der Waals surface area contributed by atoms with Crippen molar-refractivity contribution in [1.82, 2.24) is 15.4 Å². The fourth-order valence-corrected chi connectivity index (χ4v) is 3.28. The lowest BCUT2D eigenvalue weighted by molar-refractivity contribution is 0.0795. The summed E-state index contributed by atoms with van der Waals surface area (Å²) in [5, 5.41) is 4.21. The van der Waals surface area contributed by atoms with Crippen LogP contribution in [-0.2, 0) is 17.7 Å². The van der Waals surface area contributed by atoms with E-state index in [-0.39, 0.29) is 12.4 Å². The molecule has 0 aliphatic heterocycles. The second kappa shape index (κ2) is 10.0. The number of amides is 1. The Balaban J connectivity index is 1.63. The van der Waals surface area contributed by atoms with Gasteiger partial charge in [-0.25, -0.2) is 10.1 Å². The first kappa shape index (κ1) is 20.1. The average molecular weight is 497 g/mol. The molecule has 0 fully saturated rings. The number of nitrogens with zero attached hydrogens (tertiary/aromatic N) is 1. The molecule has 27 heavy (non-hydrogen) atoms. The van der Waals surface area contributed by atoms with Crippen LogP contribution < -0.4 is 15.5 Å². The molecule has 0 bridgehead atoms. The van der Waals surface area contributed by atoms with Crippen LogP contribution in [0.2, 0.25) is 0 Å². The van der Waals surface area contributed by atoms with E-state index in [1.165, 1.54) is 5.56 Å². The molecular formula is C19H21IN3O3P. The summed E-state index contributed by atoms with van der Waals surface area (Å²) < 4.78 is 12.9. The molecular weight excluding hydrogens is 476 g/mol. The summed E-state index contributed by atoms with van der Waals surface area (Å²) >= 11 is 2.05. The number of carbonyl (C=O) groups excluding carboxylic acids is 1. The number of carbonyl (C=O) groups is 1. The quantitative estimate of drug-likeness (QED) is 0.266. The lowest BCUT2D eigenvalue weighted by Crippen LogP contribution is -2.20. The van der Waals surface area contributed by atoms with E-state index < -0.39 is 0 Å². The minimum Gasteiger partial charge on any atom is -0.492 e.